The van der Waals surface area contributed by atoms with Gasteiger partial charge in [-0.05, 0) is 33.1 Å². The van der Waals surface area contributed by atoms with E-state index in [1.54, 1.807) is 27.7 Å². The first-order valence-electron chi connectivity index (χ1n) is 6.71. The molecule has 0 spiro atoms. The first kappa shape index (κ1) is 17.7. The summed E-state index contributed by atoms with van der Waals surface area (Å²) in [5, 5.41) is 0. The van der Waals surface area contributed by atoms with E-state index < -0.39 is 23.6 Å². The Morgan fingerprint density at radius 2 is 1.63 bits per heavy atom. The van der Waals surface area contributed by atoms with Crippen LogP contribution in [0.1, 0.15) is 54.9 Å². The summed E-state index contributed by atoms with van der Waals surface area (Å²) in [7, 11) is 0. The highest BCUT2D eigenvalue weighted by atomic mass is 16.7. The van der Waals surface area contributed by atoms with Crippen LogP contribution in [0.25, 0.3) is 0 Å². The third kappa shape index (κ3) is 6.41. The Bertz CT molecular complexity index is 348. The molecule has 0 aliphatic carbocycles. The van der Waals surface area contributed by atoms with E-state index >= 15 is 0 Å². The SMILES string of the molecule is CCC=C(C(=O)OC(C)OC(=O)C(C)(C)C)C(C)C. The van der Waals surface area contributed by atoms with Gasteiger partial charge in [0, 0.05) is 12.5 Å². The lowest BCUT2D eigenvalue weighted by Crippen LogP contribution is -2.30. The Morgan fingerprint density at radius 1 is 1.11 bits per heavy atom. The Labute approximate surface area is 116 Å². The number of allylic oxidation sites excluding steroid dienone is 1. The van der Waals surface area contributed by atoms with Gasteiger partial charge in [-0.2, -0.15) is 0 Å². The Kier molecular flexibility index (Phi) is 6.81. The molecule has 0 fully saturated rings. The van der Waals surface area contributed by atoms with Crippen molar-refractivity contribution in [3.63, 3.8) is 0 Å². The van der Waals surface area contributed by atoms with Crippen LogP contribution in [0, 0.1) is 11.3 Å². The minimum Gasteiger partial charge on any atom is -0.425 e. The van der Waals surface area contributed by atoms with Gasteiger partial charge in [0.1, 0.15) is 0 Å². The fraction of sp³-hybridized carbons (Fsp3) is 0.733. The largest absolute Gasteiger partial charge is 0.425 e. The lowest BCUT2D eigenvalue weighted by molar-refractivity contribution is -0.188. The van der Waals surface area contributed by atoms with Crippen LogP contribution in [-0.4, -0.2) is 18.2 Å². The molecule has 0 saturated heterocycles. The van der Waals surface area contributed by atoms with E-state index in [0.29, 0.717) is 5.57 Å². The first-order valence-corrected chi connectivity index (χ1v) is 6.71. The van der Waals surface area contributed by atoms with E-state index in [9.17, 15) is 9.59 Å². The zero-order chi connectivity index (χ0) is 15.2. The Hall–Kier alpha value is -1.32. The van der Waals surface area contributed by atoms with Gasteiger partial charge in [0.15, 0.2) is 0 Å². The number of hydrogen-bond donors (Lipinski definition) is 0. The van der Waals surface area contributed by atoms with Crippen molar-refractivity contribution >= 4 is 11.9 Å². The van der Waals surface area contributed by atoms with Crippen molar-refractivity contribution in [1.29, 1.82) is 0 Å². The predicted octanol–water partition coefficient (Wildman–Crippen LogP) is 3.46. The minimum atomic E-state index is -0.877. The molecule has 0 saturated carbocycles. The molecule has 1 unspecified atom stereocenters. The first-order chi connectivity index (χ1) is 8.59. The lowest BCUT2D eigenvalue weighted by Gasteiger charge is -2.21. The third-order valence-electron chi connectivity index (χ3n) is 2.44. The summed E-state index contributed by atoms with van der Waals surface area (Å²) in [6.45, 7) is 12.6. The van der Waals surface area contributed by atoms with Crippen molar-refractivity contribution in [2.24, 2.45) is 11.3 Å². The second-order valence-electron chi connectivity index (χ2n) is 5.85. The normalized spacial score (nSPS) is 14.2. The maximum absolute atomic E-state index is 11.9. The lowest BCUT2D eigenvalue weighted by atomic mass is 9.97. The molecule has 0 bridgehead atoms. The van der Waals surface area contributed by atoms with Crippen LogP contribution in [0.15, 0.2) is 11.6 Å². The van der Waals surface area contributed by atoms with E-state index in [1.165, 1.54) is 0 Å². The molecule has 0 radical (unpaired) electrons. The molecule has 0 aromatic carbocycles. The summed E-state index contributed by atoms with van der Waals surface area (Å²) >= 11 is 0. The van der Waals surface area contributed by atoms with Crippen LogP contribution in [0.3, 0.4) is 0 Å². The second kappa shape index (κ2) is 7.31. The number of ether oxygens (including phenoxy) is 2. The van der Waals surface area contributed by atoms with E-state index in [0.717, 1.165) is 6.42 Å². The van der Waals surface area contributed by atoms with Crippen LogP contribution < -0.4 is 0 Å². The smallest absolute Gasteiger partial charge is 0.337 e. The topological polar surface area (TPSA) is 52.6 Å². The molecule has 0 aliphatic rings. The summed E-state index contributed by atoms with van der Waals surface area (Å²) in [6.07, 6.45) is 1.72. The van der Waals surface area contributed by atoms with Gasteiger partial charge in [0.2, 0.25) is 6.29 Å². The zero-order valence-electron chi connectivity index (χ0n) is 13.1. The highest BCUT2D eigenvalue weighted by Crippen LogP contribution is 2.18. The van der Waals surface area contributed by atoms with Gasteiger partial charge in [0.25, 0.3) is 0 Å². The van der Waals surface area contributed by atoms with Crippen LogP contribution in [0.5, 0.6) is 0 Å². The maximum Gasteiger partial charge on any atom is 0.337 e. The number of esters is 2. The Morgan fingerprint density at radius 3 is 2.00 bits per heavy atom. The molecule has 19 heavy (non-hydrogen) atoms. The molecule has 1 atom stereocenters. The van der Waals surface area contributed by atoms with Crippen molar-refractivity contribution in [1.82, 2.24) is 0 Å². The number of carbonyl (C=O) groups excluding carboxylic acids is 2. The molecule has 0 aliphatic heterocycles. The second-order valence-corrected chi connectivity index (χ2v) is 5.85. The summed E-state index contributed by atoms with van der Waals surface area (Å²) in [5.74, 6) is -0.734. The molecular weight excluding hydrogens is 244 g/mol. The van der Waals surface area contributed by atoms with Crippen molar-refractivity contribution in [2.75, 3.05) is 0 Å². The fourth-order valence-corrected chi connectivity index (χ4v) is 1.34. The summed E-state index contributed by atoms with van der Waals surface area (Å²) in [4.78, 5) is 23.6. The minimum absolute atomic E-state index is 0.0815. The van der Waals surface area contributed by atoms with Crippen molar-refractivity contribution in [3.8, 4) is 0 Å². The molecule has 0 N–H and O–H groups in total. The molecule has 0 aromatic heterocycles. The van der Waals surface area contributed by atoms with Gasteiger partial charge in [-0.25, -0.2) is 4.79 Å². The quantitative estimate of drug-likeness (QED) is 0.436. The van der Waals surface area contributed by atoms with Gasteiger partial charge in [-0.15, -0.1) is 0 Å². The van der Waals surface area contributed by atoms with Gasteiger partial charge in [-0.3, -0.25) is 4.79 Å². The van der Waals surface area contributed by atoms with Crippen molar-refractivity contribution in [2.45, 2.75) is 61.2 Å². The molecule has 0 aromatic rings. The van der Waals surface area contributed by atoms with Gasteiger partial charge >= 0.3 is 11.9 Å². The molecule has 110 valence electrons. The van der Waals surface area contributed by atoms with E-state index in [2.05, 4.69) is 0 Å². The molecule has 0 heterocycles. The number of carbonyl (C=O) groups is 2. The molecule has 0 amide bonds. The van der Waals surface area contributed by atoms with Crippen LogP contribution in [-0.2, 0) is 19.1 Å². The monoisotopic (exact) mass is 270 g/mol. The van der Waals surface area contributed by atoms with Crippen LogP contribution >= 0.6 is 0 Å². The van der Waals surface area contributed by atoms with Gasteiger partial charge in [-0.1, -0.05) is 26.8 Å². The average molecular weight is 270 g/mol. The van der Waals surface area contributed by atoms with E-state index in [4.69, 9.17) is 9.47 Å². The van der Waals surface area contributed by atoms with Crippen LogP contribution in [0.2, 0.25) is 0 Å². The van der Waals surface area contributed by atoms with Crippen LogP contribution in [0.4, 0.5) is 0 Å². The average Bonchev–Trinajstić information content (AvgIpc) is 2.23. The van der Waals surface area contributed by atoms with E-state index in [-0.39, 0.29) is 5.92 Å². The predicted molar refractivity (Wildman–Crippen MR) is 74.3 cm³/mol. The molecule has 4 nitrogen and oxygen atoms in total. The highest BCUT2D eigenvalue weighted by molar-refractivity contribution is 5.89. The fourth-order valence-electron chi connectivity index (χ4n) is 1.34. The standard InChI is InChI=1S/C15H26O4/c1-8-9-12(10(2)3)13(16)18-11(4)19-14(17)15(5,6)7/h9-11H,8H2,1-7H3. The molecule has 4 heteroatoms. The highest BCUT2D eigenvalue weighted by Gasteiger charge is 2.26. The maximum atomic E-state index is 11.9. The summed E-state index contributed by atoms with van der Waals surface area (Å²) in [6, 6.07) is 0. The van der Waals surface area contributed by atoms with Gasteiger partial charge in [0.05, 0.1) is 5.41 Å². The number of rotatable bonds is 5. The zero-order valence-corrected chi connectivity index (χ0v) is 13.1. The third-order valence-corrected chi connectivity index (χ3v) is 2.44. The number of hydrogen-bond acceptors (Lipinski definition) is 4. The molecule has 0 rings (SSSR count). The van der Waals surface area contributed by atoms with E-state index in [1.807, 2.05) is 26.8 Å². The Balaban J connectivity index is 4.57. The summed E-state index contributed by atoms with van der Waals surface area (Å²) < 4.78 is 10.2. The van der Waals surface area contributed by atoms with Crippen molar-refractivity contribution < 1.29 is 19.1 Å². The summed E-state index contributed by atoms with van der Waals surface area (Å²) in [5.41, 5.74) is 0.00187. The van der Waals surface area contributed by atoms with Crippen molar-refractivity contribution in [3.05, 3.63) is 11.6 Å². The molecular formula is C15H26O4. The van der Waals surface area contributed by atoms with Gasteiger partial charge < -0.3 is 9.47 Å².